The SMILES string of the molecule is O=C(NC1CC[S+]([O-])CC1)c1nc(C(=O)N2C3CCC2CC3)cs1. The fourth-order valence-corrected chi connectivity index (χ4v) is 6.03. The van der Waals surface area contributed by atoms with Crippen molar-refractivity contribution in [3.05, 3.63) is 16.1 Å². The van der Waals surface area contributed by atoms with Crippen LogP contribution in [0.3, 0.4) is 0 Å². The summed E-state index contributed by atoms with van der Waals surface area (Å²) in [6.07, 6.45) is 5.86. The van der Waals surface area contributed by atoms with Gasteiger partial charge in [-0.2, -0.15) is 0 Å². The molecule has 4 heterocycles. The Morgan fingerprint density at radius 2 is 1.79 bits per heavy atom. The molecule has 0 aliphatic carbocycles. The maximum Gasteiger partial charge on any atom is 0.280 e. The van der Waals surface area contributed by atoms with E-state index in [4.69, 9.17) is 0 Å². The number of rotatable bonds is 3. The maximum atomic E-state index is 12.7. The number of carbonyl (C=O) groups excluding carboxylic acids is 2. The number of carbonyl (C=O) groups is 2. The third-order valence-corrected chi connectivity index (χ3v) is 7.55. The number of hydrogen-bond donors (Lipinski definition) is 1. The Bertz CT molecular complexity index is 622. The molecule has 1 aromatic rings. The summed E-state index contributed by atoms with van der Waals surface area (Å²) >= 11 is 0.487. The normalized spacial score (nSPS) is 32.1. The Balaban J connectivity index is 1.39. The van der Waals surface area contributed by atoms with E-state index in [1.165, 1.54) is 11.3 Å². The van der Waals surface area contributed by atoms with Gasteiger partial charge in [0.15, 0.2) is 5.01 Å². The molecule has 1 aromatic heterocycles. The molecule has 0 unspecified atom stereocenters. The first kappa shape index (κ1) is 16.4. The van der Waals surface area contributed by atoms with E-state index >= 15 is 0 Å². The fraction of sp³-hybridized carbons (Fsp3) is 0.688. The van der Waals surface area contributed by atoms with Crippen LogP contribution in [0.15, 0.2) is 5.38 Å². The van der Waals surface area contributed by atoms with E-state index in [0.29, 0.717) is 34.3 Å². The number of aromatic nitrogens is 1. The number of thiazole rings is 1. The Labute approximate surface area is 148 Å². The van der Waals surface area contributed by atoms with Crippen molar-refractivity contribution < 1.29 is 14.1 Å². The van der Waals surface area contributed by atoms with Gasteiger partial charge in [0, 0.05) is 36.3 Å². The number of nitrogens with zero attached hydrogens (tertiary/aromatic N) is 2. The molecule has 3 fully saturated rings. The van der Waals surface area contributed by atoms with E-state index < -0.39 is 11.2 Å². The highest BCUT2D eigenvalue weighted by molar-refractivity contribution is 7.91. The van der Waals surface area contributed by atoms with Crippen LogP contribution in [-0.4, -0.2) is 55.9 Å². The van der Waals surface area contributed by atoms with Gasteiger partial charge in [-0.15, -0.1) is 11.3 Å². The first-order chi connectivity index (χ1) is 11.6. The van der Waals surface area contributed by atoms with Crippen molar-refractivity contribution in [1.29, 1.82) is 0 Å². The van der Waals surface area contributed by atoms with Crippen molar-refractivity contribution in [2.24, 2.45) is 0 Å². The van der Waals surface area contributed by atoms with Gasteiger partial charge >= 0.3 is 0 Å². The fourth-order valence-electron chi connectivity index (χ4n) is 4.04. The van der Waals surface area contributed by atoms with Crippen LogP contribution < -0.4 is 5.32 Å². The molecule has 0 saturated carbocycles. The molecule has 2 amide bonds. The molecule has 24 heavy (non-hydrogen) atoms. The minimum Gasteiger partial charge on any atom is -0.616 e. The van der Waals surface area contributed by atoms with Crippen molar-refractivity contribution in [2.75, 3.05) is 11.5 Å². The van der Waals surface area contributed by atoms with Gasteiger partial charge in [0.25, 0.3) is 11.8 Å². The van der Waals surface area contributed by atoms with Gasteiger partial charge in [-0.3, -0.25) is 9.59 Å². The van der Waals surface area contributed by atoms with Crippen LogP contribution in [0, 0.1) is 0 Å². The molecule has 4 rings (SSSR count). The monoisotopic (exact) mass is 367 g/mol. The molecule has 0 atom stereocenters. The van der Waals surface area contributed by atoms with Crippen LogP contribution >= 0.6 is 11.3 Å². The van der Waals surface area contributed by atoms with Gasteiger partial charge in [-0.25, -0.2) is 4.98 Å². The van der Waals surface area contributed by atoms with Crippen molar-refractivity contribution in [2.45, 2.75) is 56.7 Å². The minimum absolute atomic E-state index is 0.0247. The minimum atomic E-state index is -0.739. The molecule has 0 aromatic carbocycles. The van der Waals surface area contributed by atoms with Crippen LogP contribution in [-0.2, 0) is 11.2 Å². The summed E-state index contributed by atoms with van der Waals surface area (Å²) in [6, 6.07) is 0.793. The number of nitrogens with one attached hydrogen (secondary N) is 1. The predicted molar refractivity (Wildman–Crippen MR) is 92.7 cm³/mol. The summed E-state index contributed by atoms with van der Waals surface area (Å²) in [5.41, 5.74) is 0.397. The third-order valence-electron chi connectivity index (χ3n) is 5.33. The molecule has 0 spiro atoms. The molecular weight excluding hydrogens is 346 g/mol. The standard InChI is InChI=1S/C16H21N3O3S2/c20-14(17-10-5-7-24(22)8-6-10)15-18-13(9-23-15)16(21)19-11-1-2-12(19)4-3-11/h9-12H,1-8H2,(H,17,20). The molecule has 2 bridgehead atoms. The van der Waals surface area contributed by atoms with E-state index in [0.717, 1.165) is 38.5 Å². The summed E-state index contributed by atoms with van der Waals surface area (Å²) in [4.78, 5) is 31.3. The van der Waals surface area contributed by atoms with Crippen molar-refractivity contribution in [1.82, 2.24) is 15.2 Å². The Morgan fingerprint density at radius 3 is 2.42 bits per heavy atom. The van der Waals surface area contributed by atoms with Crippen LogP contribution in [0.25, 0.3) is 0 Å². The molecule has 3 aliphatic heterocycles. The number of amides is 2. The first-order valence-corrected chi connectivity index (χ1v) is 10.9. The number of hydrogen-bond acceptors (Lipinski definition) is 5. The second-order valence-corrected chi connectivity index (χ2v) is 9.36. The van der Waals surface area contributed by atoms with Gasteiger partial charge in [0.1, 0.15) is 17.2 Å². The van der Waals surface area contributed by atoms with Crippen molar-refractivity contribution in [3.63, 3.8) is 0 Å². The Morgan fingerprint density at radius 1 is 1.17 bits per heavy atom. The predicted octanol–water partition coefficient (Wildman–Crippen LogP) is 1.55. The van der Waals surface area contributed by atoms with Crippen LogP contribution in [0.1, 0.15) is 58.8 Å². The third kappa shape index (κ3) is 3.07. The van der Waals surface area contributed by atoms with E-state index in [1.807, 2.05) is 4.90 Å². The zero-order chi connectivity index (χ0) is 16.7. The molecular formula is C16H21N3O3S2. The summed E-state index contributed by atoms with van der Waals surface area (Å²) in [7, 11) is 0. The van der Waals surface area contributed by atoms with Gasteiger partial charge < -0.3 is 14.8 Å². The summed E-state index contributed by atoms with van der Waals surface area (Å²) in [6.45, 7) is 0. The lowest BCUT2D eigenvalue weighted by Gasteiger charge is -2.24. The highest BCUT2D eigenvalue weighted by Crippen LogP contribution is 2.38. The molecule has 130 valence electrons. The van der Waals surface area contributed by atoms with Gasteiger partial charge in [0.05, 0.1) is 0 Å². The highest BCUT2D eigenvalue weighted by Gasteiger charge is 2.43. The average molecular weight is 367 g/mol. The smallest absolute Gasteiger partial charge is 0.280 e. The Kier molecular flexibility index (Phi) is 4.53. The quantitative estimate of drug-likeness (QED) is 0.822. The van der Waals surface area contributed by atoms with Gasteiger partial charge in [-0.1, -0.05) is 11.2 Å². The zero-order valence-corrected chi connectivity index (χ0v) is 15.0. The van der Waals surface area contributed by atoms with Crippen LogP contribution in [0.2, 0.25) is 0 Å². The lowest BCUT2D eigenvalue weighted by atomic mass is 10.0. The first-order valence-electron chi connectivity index (χ1n) is 8.56. The lowest BCUT2D eigenvalue weighted by Crippen LogP contribution is -2.41. The highest BCUT2D eigenvalue weighted by atomic mass is 32.2. The molecule has 3 aliphatic rings. The van der Waals surface area contributed by atoms with E-state index in [2.05, 4.69) is 10.3 Å². The Hall–Kier alpha value is -1.12. The van der Waals surface area contributed by atoms with E-state index in [-0.39, 0.29) is 17.9 Å². The molecule has 6 nitrogen and oxygen atoms in total. The lowest BCUT2D eigenvalue weighted by molar-refractivity contribution is 0.0724. The van der Waals surface area contributed by atoms with E-state index in [9.17, 15) is 14.1 Å². The zero-order valence-electron chi connectivity index (χ0n) is 13.4. The van der Waals surface area contributed by atoms with E-state index in [1.54, 1.807) is 5.38 Å². The maximum absolute atomic E-state index is 12.7. The molecule has 8 heteroatoms. The molecule has 3 saturated heterocycles. The largest absolute Gasteiger partial charge is 0.616 e. The molecule has 0 radical (unpaired) electrons. The number of fused-ring (bicyclic) bond motifs is 2. The van der Waals surface area contributed by atoms with Gasteiger partial charge in [0.2, 0.25) is 0 Å². The van der Waals surface area contributed by atoms with Gasteiger partial charge in [-0.05, 0) is 25.7 Å². The van der Waals surface area contributed by atoms with Crippen molar-refractivity contribution >= 4 is 34.3 Å². The average Bonchev–Trinajstić information content (AvgIpc) is 3.32. The second-order valence-electron chi connectivity index (χ2n) is 6.81. The summed E-state index contributed by atoms with van der Waals surface area (Å²) in [5, 5.41) is 5.00. The topological polar surface area (TPSA) is 85.4 Å². The van der Waals surface area contributed by atoms with Crippen LogP contribution in [0.5, 0.6) is 0 Å². The summed E-state index contributed by atoms with van der Waals surface area (Å²) < 4.78 is 11.4. The van der Waals surface area contributed by atoms with Crippen molar-refractivity contribution in [3.8, 4) is 0 Å². The molecule has 1 N–H and O–H groups in total. The second kappa shape index (κ2) is 6.65. The van der Waals surface area contributed by atoms with Crippen LogP contribution in [0.4, 0.5) is 0 Å². The summed E-state index contributed by atoms with van der Waals surface area (Å²) in [5.74, 6) is 1.04.